The van der Waals surface area contributed by atoms with Crippen LogP contribution in [0.2, 0.25) is 0 Å². The molecule has 114 valence electrons. The Labute approximate surface area is 123 Å². The van der Waals surface area contributed by atoms with E-state index in [-0.39, 0.29) is 22.4 Å². The number of nitrogens with one attached hydrogen (secondary N) is 2. The fourth-order valence-electron chi connectivity index (χ4n) is 2.54. The Kier molecular flexibility index (Phi) is 4.35. The molecule has 4 N–H and O–H groups in total. The molecule has 0 atom stereocenters. The summed E-state index contributed by atoms with van der Waals surface area (Å²) in [5.41, 5.74) is 0.376. The van der Waals surface area contributed by atoms with E-state index in [1.165, 1.54) is 18.6 Å². The van der Waals surface area contributed by atoms with Crippen LogP contribution in [0.5, 0.6) is 5.75 Å². The Morgan fingerprint density at radius 1 is 1.33 bits per heavy atom. The second kappa shape index (κ2) is 6.03. The highest BCUT2D eigenvalue weighted by Crippen LogP contribution is 2.43. The first-order valence-corrected chi connectivity index (χ1v) is 7.07. The predicted molar refractivity (Wildman–Crippen MR) is 78.7 cm³/mol. The molecule has 2 rings (SSSR count). The van der Waals surface area contributed by atoms with Crippen LogP contribution in [0.25, 0.3) is 0 Å². The number of amides is 2. The van der Waals surface area contributed by atoms with Gasteiger partial charge < -0.3 is 20.8 Å². The fourth-order valence-corrected chi connectivity index (χ4v) is 2.54. The van der Waals surface area contributed by atoms with Gasteiger partial charge in [0.1, 0.15) is 5.75 Å². The molecule has 0 unspecified atom stereocenters. The van der Waals surface area contributed by atoms with Crippen LogP contribution < -0.4 is 10.6 Å². The molecule has 1 aliphatic carbocycles. The third-order valence-corrected chi connectivity index (χ3v) is 4.28. The molecule has 1 aromatic rings. The second-order valence-corrected chi connectivity index (χ2v) is 5.55. The monoisotopic (exact) mass is 292 g/mol. The number of carbonyl (C=O) groups excluding carboxylic acids is 1. The number of carboxylic acids is 1. The number of carbonyl (C=O) groups is 2. The van der Waals surface area contributed by atoms with Crippen LogP contribution in [0.1, 0.15) is 43.0 Å². The highest BCUT2D eigenvalue weighted by Gasteiger charge is 2.35. The molecule has 0 aromatic heterocycles. The molecular formula is C15H20N2O4. The lowest BCUT2D eigenvalue weighted by molar-refractivity contribution is 0.0696. The first kappa shape index (κ1) is 15.2. The smallest absolute Gasteiger partial charge is 0.335 e. The largest absolute Gasteiger partial charge is 0.506 e. The van der Waals surface area contributed by atoms with Gasteiger partial charge in [-0.25, -0.2) is 9.59 Å². The van der Waals surface area contributed by atoms with Crippen LogP contribution in [-0.2, 0) is 0 Å². The summed E-state index contributed by atoms with van der Waals surface area (Å²) >= 11 is 0. The Hall–Kier alpha value is -2.24. The minimum absolute atomic E-state index is 0.0298. The molecule has 0 spiro atoms. The van der Waals surface area contributed by atoms with Crippen molar-refractivity contribution in [3.63, 3.8) is 0 Å². The van der Waals surface area contributed by atoms with Crippen molar-refractivity contribution in [2.45, 2.75) is 32.6 Å². The molecule has 1 aliphatic rings. The van der Waals surface area contributed by atoms with Gasteiger partial charge in [-0.1, -0.05) is 13.3 Å². The number of phenols is 1. The van der Waals surface area contributed by atoms with Gasteiger partial charge in [-0.15, -0.1) is 0 Å². The molecule has 1 fully saturated rings. The lowest BCUT2D eigenvalue weighted by Gasteiger charge is -2.41. The van der Waals surface area contributed by atoms with Crippen molar-refractivity contribution in [2.24, 2.45) is 5.41 Å². The van der Waals surface area contributed by atoms with E-state index in [1.54, 1.807) is 0 Å². The number of benzene rings is 1. The van der Waals surface area contributed by atoms with Crippen LogP contribution >= 0.6 is 0 Å². The number of anilines is 1. The summed E-state index contributed by atoms with van der Waals surface area (Å²) in [6.07, 6.45) is 4.49. The summed E-state index contributed by atoms with van der Waals surface area (Å²) in [5.74, 6) is -1.39. The van der Waals surface area contributed by atoms with Crippen molar-refractivity contribution >= 4 is 17.7 Å². The Morgan fingerprint density at radius 2 is 2.05 bits per heavy atom. The molecule has 0 bridgehead atoms. The maximum atomic E-state index is 11.8. The van der Waals surface area contributed by atoms with Crippen molar-refractivity contribution < 1.29 is 19.8 Å². The fraction of sp³-hybridized carbons (Fsp3) is 0.467. The lowest BCUT2D eigenvalue weighted by atomic mass is 9.67. The number of aromatic carboxylic acids is 1. The Balaban J connectivity index is 1.92. The van der Waals surface area contributed by atoms with Crippen molar-refractivity contribution in [1.29, 1.82) is 0 Å². The van der Waals surface area contributed by atoms with Gasteiger partial charge in [0.2, 0.25) is 0 Å². The molecule has 6 nitrogen and oxygen atoms in total. The van der Waals surface area contributed by atoms with Gasteiger partial charge >= 0.3 is 12.0 Å². The first-order valence-electron chi connectivity index (χ1n) is 7.07. The van der Waals surface area contributed by atoms with E-state index < -0.39 is 12.0 Å². The van der Waals surface area contributed by atoms with Crippen molar-refractivity contribution in [2.75, 3.05) is 11.9 Å². The number of phenolic OH excluding ortho intramolecular Hbond substituents is 1. The van der Waals surface area contributed by atoms with Crippen LogP contribution in [0, 0.1) is 5.41 Å². The molecule has 0 aliphatic heterocycles. The first-order chi connectivity index (χ1) is 9.96. The third kappa shape index (κ3) is 3.45. The number of urea groups is 1. The van der Waals surface area contributed by atoms with Gasteiger partial charge in [0.05, 0.1) is 11.3 Å². The highest BCUT2D eigenvalue weighted by atomic mass is 16.4. The number of rotatable bonds is 5. The normalized spacial score (nSPS) is 15.9. The topological polar surface area (TPSA) is 98.7 Å². The SMILES string of the molecule is CCC1(CNC(=O)Nc2ccc(C(=O)O)cc2O)CCC1. The molecule has 0 heterocycles. The number of carboxylic acid groups (broad SMARTS) is 1. The van der Waals surface area contributed by atoms with Gasteiger partial charge in [-0.3, -0.25) is 0 Å². The zero-order valence-corrected chi connectivity index (χ0v) is 12.0. The summed E-state index contributed by atoms with van der Waals surface area (Å²) in [6.45, 7) is 2.73. The number of hydrogen-bond acceptors (Lipinski definition) is 3. The molecular weight excluding hydrogens is 272 g/mol. The maximum Gasteiger partial charge on any atom is 0.335 e. The Morgan fingerprint density at radius 3 is 2.52 bits per heavy atom. The number of aromatic hydroxyl groups is 1. The lowest BCUT2D eigenvalue weighted by Crippen LogP contribution is -2.43. The van der Waals surface area contributed by atoms with Crippen molar-refractivity contribution in [3.8, 4) is 5.75 Å². The van der Waals surface area contributed by atoms with E-state index in [0.29, 0.717) is 6.54 Å². The third-order valence-electron chi connectivity index (χ3n) is 4.28. The van der Waals surface area contributed by atoms with Crippen LogP contribution in [-0.4, -0.2) is 28.8 Å². The summed E-state index contributed by atoms with van der Waals surface area (Å²) in [6, 6.07) is 3.42. The van der Waals surface area contributed by atoms with E-state index in [0.717, 1.165) is 25.3 Å². The average molecular weight is 292 g/mol. The van der Waals surface area contributed by atoms with E-state index in [2.05, 4.69) is 17.6 Å². The number of hydrogen-bond donors (Lipinski definition) is 4. The highest BCUT2D eigenvalue weighted by molar-refractivity contribution is 5.93. The predicted octanol–water partition coefficient (Wildman–Crippen LogP) is 2.79. The van der Waals surface area contributed by atoms with Crippen LogP contribution in [0.4, 0.5) is 10.5 Å². The van der Waals surface area contributed by atoms with E-state index in [9.17, 15) is 14.7 Å². The standard InChI is InChI=1S/C15H20N2O4/c1-2-15(6-3-7-15)9-16-14(21)17-11-5-4-10(13(19)20)8-12(11)18/h4-5,8,18H,2-3,6-7,9H2,1H3,(H,19,20)(H2,16,17,21). The van der Waals surface area contributed by atoms with Gasteiger partial charge in [0, 0.05) is 6.54 Å². The van der Waals surface area contributed by atoms with Gasteiger partial charge in [-0.05, 0) is 42.9 Å². The summed E-state index contributed by atoms with van der Waals surface area (Å²) < 4.78 is 0. The molecule has 1 aromatic carbocycles. The molecule has 6 heteroatoms. The molecule has 0 radical (unpaired) electrons. The molecule has 0 saturated heterocycles. The molecule has 1 saturated carbocycles. The Bertz CT molecular complexity index is 547. The van der Waals surface area contributed by atoms with E-state index in [4.69, 9.17) is 5.11 Å². The zero-order valence-electron chi connectivity index (χ0n) is 12.0. The quantitative estimate of drug-likeness (QED) is 0.627. The van der Waals surface area contributed by atoms with Gasteiger partial charge in [0.15, 0.2) is 0 Å². The van der Waals surface area contributed by atoms with E-state index in [1.807, 2.05) is 0 Å². The van der Waals surface area contributed by atoms with Gasteiger partial charge in [-0.2, -0.15) is 0 Å². The summed E-state index contributed by atoms with van der Waals surface area (Å²) in [7, 11) is 0. The van der Waals surface area contributed by atoms with Crippen molar-refractivity contribution in [3.05, 3.63) is 23.8 Å². The minimum Gasteiger partial charge on any atom is -0.506 e. The summed E-state index contributed by atoms with van der Waals surface area (Å²) in [4.78, 5) is 22.6. The minimum atomic E-state index is -1.13. The maximum absolute atomic E-state index is 11.8. The van der Waals surface area contributed by atoms with Crippen LogP contribution in [0.15, 0.2) is 18.2 Å². The summed E-state index contributed by atoms with van der Waals surface area (Å²) in [5, 5.41) is 23.9. The molecule has 2 amide bonds. The zero-order chi connectivity index (χ0) is 15.5. The average Bonchev–Trinajstić information content (AvgIpc) is 2.40. The van der Waals surface area contributed by atoms with E-state index >= 15 is 0 Å². The second-order valence-electron chi connectivity index (χ2n) is 5.55. The molecule has 21 heavy (non-hydrogen) atoms. The van der Waals surface area contributed by atoms with Crippen LogP contribution in [0.3, 0.4) is 0 Å². The van der Waals surface area contributed by atoms with Gasteiger partial charge in [0.25, 0.3) is 0 Å². The van der Waals surface area contributed by atoms with Crippen molar-refractivity contribution in [1.82, 2.24) is 5.32 Å².